The van der Waals surface area contributed by atoms with Gasteiger partial charge in [0, 0.05) is 25.8 Å². The average molecular weight is 805 g/mol. The van der Waals surface area contributed by atoms with Crippen molar-refractivity contribution in [1.82, 2.24) is 5.32 Å². The second-order valence-electron chi connectivity index (χ2n) is 15.3. The predicted molar refractivity (Wildman–Crippen MR) is 224 cm³/mol. The lowest BCUT2D eigenvalue weighted by molar-refractivity contribution is -0.161. The molecule has 0 fully saturated rings. The number of ether oxygens (including phenoxy) is 2. The molecule has 0 rings (SSSR count). The van der Waals surface area contributed by atoms with E-state index in [1.165, 1.54) is 122 Å². The van der Waals surface area contributed by atoms with Crippen molar-refractivity contribution in [2.24, 2.45) is 5.73 Å². The van der Waals surface area contributed by atoms with Crippen LogP contribution >= 0.6 is 7.82 Å². The van der Waals surface area contributed by atoms with Crippen molar-refractivity contribution in [1.29, 1.82) is 0 Å². The smallest absolute Gasteiger partial charge is 0.462 e. The van der Waals surface area contributed by atoms with Crippen molar-refractivity contribution in [3.8, 4) is 0 Å². The maximum atomic E-state index is 12.7. The number of phosphoric ester groups is 1. The van der Waals surface area contributed by atoms with Crippen molar-refractivity contribution in [3.05, 3.63) is 0 Å². The van der Waals surface area contributed by atoms with Crippen molar-refractivity contribution >= 4 is 25.7 Å². The number of nitrogens with one attached hydrogen (secondary N) is 1. The molecule has 326 valence electrons. The standard InChI is InChI=1S/C43H85N2O9P/c1-3-5-7-9-11-13-15-17-19-21-23-25-29-33-42(47)51-38-40(39-53-55(49,50)52-37-36-45-41(46)32-28-27-31-35-44)54-43(48)34-30-26-24-22-20-18-16-14-12-10-8-6-4-2/h40H,3-39,44H2,1-2H3,(H,45,46)(H,49,50). The van der Waals surface area contributed by atoms with Crippen molar-refractivity contribution in [2.45, 2.75) is 225 Å². The monoisotopic (exact) mass is 805 g/mol. The van der Waals surface area contributed by atoms with Gasteiger partial charge in [0.2, 0.25) is 5.91 Å². The number of esters is 2. The van der Waals surface area contributed by atoms with Gasteiger partial charge in [-0.15, -0.1) is 0 Å². The van der Waals surface area contributed by atoms with Crippen LogP contribution in [-0.4, -0.2) is 61.8 Å². The summed E-state index contributed by atoms with van der Waals surface area (Å²) >= 11 is 0. The quantitative estimate of drug-likeness (QED) is 0.0307. The molecular formula is C43H85N2O9P. The van der Waals surface area contributed by atoms with Crippen LogP contribution in [0.15, 0.2) is 0 Å². The van der Waals surface area contributed by atoms with E-state index >= 15 is 0 Å². The molecule has 0 aliphatic carbocycles. The fraction of sp³-hybridized carbons (Fsp3) is 0.930. The fourth-order valence-electron chi connectivity index (χ4n) is 6.45. The molecule has 0 aromatic rings. The van der Waals surface area contributed by atoms with E-state index in [0.717, 1.165) is 57.8 Å². The summed E-state index contributed by atoms with van der Waals surface area (Å²) in [4.78, 5) is 47.3. The van der Waals surface area contributed by atoms with Crippen LogP contribution in [-0.2, 0) is 37.5 Å². The van der Waals surface area contributed by atoms with Crippen LogP contribution in [0.5, 0.6) is 0 Å². The van der Waals surface area contributed by atoms with Crippen LogP contribution < -0.4 is 11.1 Å². The third kappa shape index (κ3) is 40.5. The minimum atomic E-state index is -4.52. The summed E-state index contributed by atoms with van der Waals surface area (Å²) in [5.41, 5.74) is 5.47. The largest absolute Gasteiger partial charge is 0.472 e. The zero-order valence-corrected chi connectivity index (χ0v) is 36.4. The van der Waals surface area contributed by atoms with E-state index in [1.54, 1.807) is 0 Å². The Morgan fingerprint density at radius 1 is 0.545 bits per heavy atom. The number of carbonyl (C=O) groups excluding carboxylic acids is 3. The van der Waals surface area contributed by atoms with Gasteiger partial charge in [-0.25, -0.2) is 4.57 Å². The molecule has 0 heterocycles. The molecule has 4 N–H and O–H groups in total. The number of amides is 1. The lowest BCUT2D eigenvalue weighted by atomic mass is 10.0. The molecule has 0 aromatic carbocycles. The molecule has 0 saturated heterocycles. The fourth-order valence-corrected chi connectivity index (χ4v) is 7.21. The summed E-state index contributed by atoms with van der Waals surface area (Å²) in [6, 6.07) is 0. The molecule has 11 nitrogen and oxygen atoms in total. The normalized spacial score (nSPS) is 13.0. The lowest BCUT2D eigenvalue weighted by Crippen LogP contribution is -2.30. The Balaban J connectivity index is 4.49. The lowest BCUT2D eigenvalue weighted by Gasteiger charge is -2.20. The maximum absolute atomic E-state index is 12.7. The summed E-state index contributed by atoms with van der Waals surface area (Å²) in [6.07, 6.45) is 33.5. The Morgan fingerprint density at radius 3 is 1.40 bits per heavy atom. The number of nitrogens with two attached hydrogens (primary N) is 1. The minimum absolute atomic E-state index is 0.0397. The van der Waals surface area contributed by atoms with E-state index in [2.05, 4.69) is 19.2 Å². The number of phosphoric acid groups is 1. The minimum Gasteiger partial charge on any atom is -0.462 e. The summed E-state index contributed by atoms with van der Waals surface area (Å²) in [6.45, 7) is 4.13. The predicted octanol–water partition coefficient (Wildman–Crippen LogP) is 11.2. The van der Waals surface area contributed by atoms with Gasteiger partial charge in [-0.05, 0) is 32.2 Å². The highest BCUT2D eigenvalue weighted by Gasteiger charge is 2.26. The zero-order chi connectivity index (χ0) is 40.5. The molecule has 0 spiro atoms. The molecule has 0 aromatic heterocycles. The van der Waals surface area contributed by atoms with Gasteiger partial charge in [-0.2, -0.15) is 0 Å². The first kappa shape index (κ1) is 53.5. The first-order valence-electron chi connectivity index (χ1n) is 22.7. The van der Waals surface area contributed by atoms with Gasteiger partial charge >= 0.3 is 19.8 Å². The first-order valence-corrected chi connectivity index (χ1v) is 24.2. The van der Waals surface area contributed by atoms with E-state index in [-0.39, 0.29) is 38.5 Å². The molecule has 55 heavy (non-hydrogen) atoms. The summed E-state index contributed by atoms with van der Waals surface area (Å²) in [7, 11) is -4.52. The Morgan fingerprint density at radius 2 is 0.945 bits per heavy atom. The number of carbonyl (C=O) groups is 3. The highest BCUT2D eigenvalue weighted by Crippen LogP contribution is 2.43. The molecule has 2 unspecified atom stereocenters. The highest BCUT2D eigenvalue weighted by atomic mass is 31.2. The molecule has 0 saturated carbocycles. The summed E-state index contributed by atoms with van der Waals surface area (Å²) in [5.74, 6) is -1.04. The first-order chi connectivity index (χ1) is 26.7. The molecular weight excluding hydrogens is 719 g/mol. The van der Waals surface area contributed by atoms with Crippen LogP contribution in [0, 0.1) is 0 Å². The zero-order valence-electron chi connectivity index (χ0n) is 35.5. The number of hydrogen-bond donors (Lipinski definition) is 3. The Bertz CT molecular complexity index is 940. The third-order valence-corrected chi connectivity index (χ3v) is 10.9. The molecule has 12 heteroatoms. The molecule has 0 aliphatic heterocycles. The van der Waals surface area contributed by atoms with Gasteiger partial charge in [-0.3, -0.25) is 23.4 Å². The van der Waals surface area contributed by atoms with Crippen LogP contribution in [0.3, 0.4) is 0 Å². The summed E-state index contributed by atoms with van der Waals surface area (Å²) in [5, 5.41) is 2.64. The number of unbranched alkanes of at least 4 members (excludes halogenated alkanes) is 26. The summed E-state index contributed by atoms with van der Waals surface area (Å²) < 4.78 is 33.6. The van der Waals surface area contributed by atoms with Crippen LogP contribution in [0.4, 0.5) is 0 Å². The number of rotatable bonds is 43. The van der Waals surface area contributed by atoms with E-state index in [1.807, 2.05) is 0 Å². The molecule has 0 radical (unpaired) electrons. The van der Waals surface area contributed by atoms with Crippen LogP contribution in [0.2, 0.25) is 0 Å². The second kappa shape index (κ2) is 40.7. The van der Waals surface area contributed by atoms with Gasteiger partial charge in [0.05, 0.1) is 13.2 Å². The average Bonchev–Trinajstić information content (AvgIpc) is 3.16. The molecule has 1 amide bonds. The van der Waals surface area contributed by atoms with Crippen LogP contribution in [0.1, 0.15) is 219 Å². The molecule has 0 bridgehead atoms. The molecule has 2 atom stereocenters. The van der Waals surface area contributed by atoms with Crippen LogP contribution in [0.25, 0.3) is 0 Å². The van der Waals surface area contributed by atoms with E-state index < -0.39 is 32.5 Å². The maximum Gasteiger partial charge on any atom is 0.472 e. The van der Waals surface area contributed by atoms with E-state index in [0.29, 0.717) is 19.4 Å². The van der Waals surface area contributed by atoms with Crippen molar-refractivity contribution in [3.63, 3.8) is 0 Å². The highest BCUT2D eigenvalue weighted by molar-refractivity contribution is 7.47. The SMILES string of the molecule is CCCCCCCCCCCCCCCC(=O)OCC(COP(=O)(O)OCCNC(=O)CCCCCN)OC(=O)CCCCCCCCCCCCCCC. The van der Waals surface area contributed by atoms with Crippen molar-refractivity contribution < 1.29 is 42.4 Å². The van der Waals surface area contributed by atoms with Gasteiger partial charge < -0.3 is 25.4 Å². The number of hydrogen-bond acceptors (Lipinski definition) is 9. The second-order valence-corrected chi connectivity index (χ2v) is 16.8. The molecule has 0 aliphatic rings. The Kier molecular flexibility index (Phi) is 39.5. The van der Waals surface area contributed by atoms with Gasteiger partial charge in [0.25, 0.3) is 0 Å². The van der Waals surface area contributed by atoms with Crippen molar-refractivity contribution in [2.75, 3.05) is 32.9 Å². The topological polar surface area (TPSA) is 163 Å². The van der Waals surface area contributed by atoms with Gasteiger partial charge in [0.15, 0.2) is 6.10 Å². The van der Waals surface area contributed by atoms with Gasteiger partial charge in [-0.1, -0.05) is 174 Å². The Hall–Kier alpha value is -1.52. The van der Waals surface area contributed by atoms with E-state index in [9.17, 15) is 23.8 Å². The Labute approximate surface area is 336 Å². The van der Waals surface area contributed by atoms with Gasteiger partial charge in [0.1, 0.15) is 6.61 Å². The van der Waals surface area contributed by atoms with E-state index in [4.69, 9.17) is 24.3 Å². The third-order valence-electron chi connectivity index (χ3n) is 9.91.